The summed E-state index contributed by atoms with van der Waals surface area (Å²) >= 11 is 0. The molecule has 3 fully saturated rings. The third kappa shape index (κ3) is 2.73. The van der Waals surface area contributed by atoms with Crippen LogP contribution in [0.2, 0.25) is 0 Å². The lowest BCUT2D eigenvalue weighted by Crippen LogP contribution is -2.54. The molecule has 3 rings (SSSR count). The molecule has 2 atom stereocenters. The van der Waals surface area contributed by atoms with Gasteiger partial charge in [0.1, 0.15) is 0 Å². The van der Waals surface area contributed by atoms with E-state index in [0.29, 0.717) is 18.7 Å². The lowest BCUT2D eigenvalue weighted by molar-refractivity contribution is -0.107. The Hall–Kier alpha value is -0.130. The van der Waals surface area contributed by atoms with Crippen molar-refractivity contribution in [1.29, 1.82) is 0 Å². The standard InChI is InChI=1S/C13H23NO3S/c15-18(16)6-5-13(10-18)9-14-8-12(17-13)7-11-3-1-2-4-11/h11-12,14H,1-10H2. The van der Waals surface area contributed by atoms with E-state index in [2.05, 4.69) is 5.32 Å². The van der Waals surface area contributed by atoms with Gasteiger partial charge in [0.15, 0.2) is 9.84 Å². The van der Waals surface area contributed by atoms with Crippen LogP contribution < -0.4 is 5.32 Å². The number of sulfone groups is 1. The summed E-state index contributed by atoms with van der Waals surface area (Å²) in [5.74, 6) is 1.31. The number of rotatable bonds is 2. The Balaban J connectivity index is 1.61. The van der Waals surface area contributed by atoms with Crippen molar-refractivity contribution in [2.75, 3.05) is 24.6 Å². The average molecular weight is 273 g/mol. The first-order valence-corrected chi connectivity index (χ1v) is 8.98. The van der Waals surface area contributed by atoms with E-state index in [1.807, 2.05) is 0 Å². The normalized spacial score (nSPS) is 40.6. The van der Waals surface area contributed by atoms with Gasteiger partial charge in [0.25, 0.3) is 0 Å². The van der Waals surface area contributed by atoms with Crippen molar-refractivity contribution < 1.29 is 13.2 Å². The quantitative estimate of drug-likeness (QED) is 0.819. The highest BCUT2D eigenvalue weighted by Gasteiger charge is 2.46. The van der Waals surface area contributed by atoms with Crippen LogP contribution in [0.1, 0.15) is 38.5 Å². The predicted molar refractivity (Wildman–Crippen MR) is 70.3 cm³/mol. The molecular weight excluding hydrogens is 250 g/mol. The minimum atomic E-state index is -2.87. The largest absolute Gasteiger partial charge is 0.368 e. The van der Waals surface area contributed by atoms with Gasteiger partial charge in [0.2, 0.25) is 0 Å². The summed E-state index contributed by atoms with van der Waals surface area (Å²) in [4.78, 5) is 0. The summed E-state index contributed by atoms with van der Waals surface area (Å²) in [6.07, 6.45) is 7.35. The van der Waals surface area contributed by atoms with Crippen molar-refractivity contribution in [2.45, 2.75) is 50.2 Å². The predicted octanol–water partition coefficient (Wildman–Crippen LogP) is 1.11. The molecule has 2 saturated heterocycles. The lowest BCUT2D eigenvalue weighted by Gasteiger charge is -2.39. The van der Waals surface area contributed by atoms with Crippen molar-refractivity contribution in [2.24, 2.45) is 5.92 Å². The minimum absolute atomic E-state index is 0.216. The number of morpholine rings is 1. The van der Waals surface area contributed by atoms with Gasteiger partial charge in [-0.3, -0.25) is 0 Å². The van der Waals surface area contributed by atoms with E-state index < -0.39 is 15.4 Å². The molecule has 1 saturated carbocycles. The van der Waals surface area contributed by atoms with Crippen molar-refractivity contribution in [3.63, 3.8) is 0 Å². The molecule has 4 nitrogen and oxygen atoms in total. The Kier molecular flexibility index (Phi) is 3.41. The molecule has 1 aliphatic carbocycles. The first-order chi connectivity index (χ1) is 8.57. The van der Waals surface area contributed by atoms with Crippen LogP contribution in [0.3, 0.4) is 0 Å². The van der Waals surface area contributed by atoms with Crippen LogP contribution in [-0.2, 0) is 14.6 Å². The molecule has 2 aliphatic heterocycles. The molecule has 0 aromatic heterocycles. The van der Waals surface area contributed by atoms with E-state index in [4.69, 9.17) is 4.74 Å². The SMILES string of the molecule is O=S1(=O)CCC2(CNCC(CC3CCCC3)O2)C1. The molecule has 1 N–H and O–H groups in total. The zero-order valence-corrected chi connectivity index (χ0v) is 11.7. The summed E-state index contributed by atoms with van der Waals surface area (Å²) in [5, 5.41) is 3.39. The molecule has 2 unspecified atom stereocenters. The lowest BCUT2D eigenvalue weighted by atomic mass is 9.95. The fraction of sp³-hybridized carbons (Fsp3) is 1.00. The first kappa shape index (κ1) is 12.9. The van der Waals surface area contributed by atoms with Gasteiger partial charge in [-0.15, -0.1) is 0 Å². The molecular formula is C13H23NO3S. The summed E-state index contributed by atoms with van der Waals surface area (Å²) < 4.78 is 29.5. The van der Waals surface area contributed by atoms with E-state index >= 15 is 0 Å². The number of nitrogens with one attached hydrogen (secondary N) is 1. The second-order valence-electron chi connectivity index (χ2n) is 6.28. The molecule has 18 heavy (non-hydrogen) atoms. The highest BCUT2D eigenvalue weighted by molar-refractivity contribution is 7.91. The van der Waals surface area contributed by atoms with Gasteiger partial charge in [0.05, 0.1) is 23.2 Å². The monoisotopic (exact) mass is 273 g/mol. The zero-order valence-electron chi connectivity index (χ0n) is 10.9. The summed E-state index contributed by atoms with van der Waals surface area (Å²) in [6.45, 7) is 1.59. The molecule has 0 radical (unpaired) electrons. The number of ether oxygens (including phenoxy) is 1. The van der Waals surface area contributed by atoms with Crippen molar-refractivity contribution >= 4 is 9.84 Å². The van der Waals surface area contributed by atoms with Gasteiger partial charge >= 0.3 is 0 Å². The highest BCUT2D eigenvalue weighted by atomic mass is 32.2. The maximum atomic E-state index is 11.6. The molecule has 3 aliphatic rings. The highest BCUT2D eigenvalue weighted by Crippen LogP contribution is 2.34. The van der Waals surface area contributed by atoms with Gasteiger partial charge < -0.3 is 10.1 Å². The van der Waals surface area contributed by atoms with Gasteiger partial charge in [-0.25, -0.2) is 8.42 Å². The summed E-state index contributed by atoms with van der Waals surface area (Å²) in [7, 11) is -2.87. The number of hydrogen-bond acceptors (Lipinski definition) is 4. The second kappa shape index (κ2) is 4.76. The third-order valence-corrected chi connectivity index (χ3v) is 6.45. The Morgan fingerprint density at radius 1 is 1.28 bits per heavy atom. The van der Waals surface area contributed by atoms with Crippen LogP contribution in [0, 0.1) is 5.92 Å². The Morgan fingerprint density at radius 3 is 2.72 bits per heavy atom. The Morgan fingerprint density at radius 2 is 2.06 bits per heavy atom. The maximum Gasteiger partial charge on any atom is 0.153 e. The molecule has 0 aromatic carbocycles. The molecule has 2 heterocycles. The molecule has 0 aromatic rings. The van der Waals surface area contributed by atoms with Gasteiger partial charge in [-0.05, 0) is 18.8 Å². The molecule has 0 bridgehead atoms. The maximum absolute atomic E-state index is 11.6. The fourth-order valence-electron chi connectivity index (χ4n) is 3.77. The van der Waals surface area contributed by atoms with Crippen molar-refractivity contribution in [1.82, 2.24) is 5.32 Å². The molecule has 1 spiro atoms. The van der Waals surface area contributed by atoms with Gasteiger partial charge in [-0.1, -0.05) is 25.7 Å². The van der Waals surface area contributed by atoms with E-state index in [1.165, 1.54) is 25.7 Å². The Bertz CT molecular complexity index is 402. The van der Waals surface area contributed by atoms with Crippen LogP contribution in [0.25, 0.3) is 0 Å². The van der Waals surface area contributed by atoms with Crippen LogP contribution in [0.4, 0.5) is 0 Å². The number of hydrogen-bond donors (Lipinski definition) is 1. The van der Waals surface area contributed by atoms with E-state index in [9.17, 15) is 8.42 Å². The average Bonchev–Trinajstić information content (AvgIpc) is 2.88. The van der Waals surface area contributed by atoms with Gasteiger partial charge in [-0.2, -0.15) is 0 Å². The summed E-state index contributed by atoms with van der Waals surface area (Å²) in [5.41, 5.74) is -0.416. The van der Waals surface area contributed by atoms with E-state index in [-0.39, 0.29) is 11.9 Å². The topological polar surface area (TPSA) is 55.4 Å². The van der Waals surface area contributed by atoms with Crippen LogP contribution >= 0.6 is 0 Å². The van der Waals surface area contributed by atoms with Crippen molar-refractivity contribution in [3.05, 3.63) is 0 Å². The third-order valence-electron chi connectivity index (χ3n) is 4.66. The summed E-state index contributed by atoms with van der Waals surface area (Å²) in [6, 6.07) is 0. The first-order valence-electron chi connectivity index (χ1n) is 7.16. The fourth-order valence-corrected chi connectivity index (χ4v) is 5.71. The minimum Gasteiger partial charge on any atom is -0.368 e. The van der Waals surface area contributed by atoms with Crippen LogP contribution in [0.5, 0.6) is 0 Å². The molecule has 0 amide bonds. The van der Waals surface area contributed by atoms with Crippen LogP contribution in [-0.4, -0.2) is 44.7 Å². The Labute approximate surface area is 109 Å². The van der Waals surface area contributed by atoms with Gasteiger partial charge in [0, 0.05) is 13.1 Å². The second-order valence-corrected chi connectivity index (χ2v) is 8.47. The smallest absolute Gasteiger partial charge is 0.153 e. The van der Waals surface area contributed by atoms with E-state index in [0.717, 1.165) is 18.9 Å². The van der Waals surface area contributed by atoms with E-state index in [1.54, 1.807) is 0 Å². The van der Waals surface area contributed by atoms with Crippen LogP contribution in [0.15, 0.2) is 0 Å². The van der Waals surface area contributed by atoms with Crippen molar-refractivity contribution in [3.8, 4) is 0 Å². The molecule has 104 valence electrons. The molecule has 5 heteroatoms. The zero-order chi connectivity index (χ0) is 12.6.